The second-order valence-corrected chi connectivity index (χ2v) is 3.28. The third-order valence-corrected chi connectivity index (χ3v) is 2.33. The van der Waals surface area contributed by atoms with Crippen molar-refractivity contribution >= 4 is 0 Å². The summed E-state index contributed by atoms with van der Waals surface area (Å²) in [6, 6.07) is 0. The molecular formula is C10H22O. The van der Waals surface area contributed by atoms with E-state index in [1.807, 2.05) is 0 Å². The van der Waals surface area contributed by atoms with E-state index in [4.69, 9.17) is 5.11 Å². The molecule has 0 aromatic heterocycles. The van der Waals surface area contributed by atoms with Crippen LogP contribution in [0.4, 0.5) is 0 Å². The molecular weight excluding hydrogens is 136 g/mol. The van der Waals surface area contributed by atoms with Gasteiger partial charge in [-0.05, 0) is 12.3 Å². The minimum atomic E-state index is 0.366. The average molecular weight is 158 g/mol. The van der Waals surface area contributed by atoms with Gasteiger partial charge in [-0.15, -0.1) is 0 Å². The number of hydrogen-bond donors (Lipinski definition) is 1. The molecule has 0 unspecified atom stereocenters. The Balaban J connectivity index is 3.20. The van der Waals surface area contributed by atoms with Gasteiger partial charge in [-0.3, -0.25) is 0 Å². The zero-order valence-electron chi connectivity index (χ0n) is 7.97. The molecule has 0 spiro atoms. The lowest BCUT2D eigenvalue weighted by atomic mass is 9.96. The van der Waals surface area contributed by atoms with E-state index in [2.05, 4.69) is 13.8 Å². The molecule has 0 aliphatic carbocycles. The molecule has 68 valence electrons. The van der Waals surface area contributed by atoms with E-state index >= 15 is 0 Å². The van der Waals surface area contributed by atoms with Gasteiger partial charge in [0, 0.05) is 6.61 Å². The van der Waals surface area contributed by atoms with Crippen LogP contribution in [0.25, 0.3) is 0 Å². The molecule has 0 saturated carbocycles. The maximum Gasteiger partial charge on any atom is 0.0433 e. The van der Waals surface area contributed by atoms with E-state index in [0.717, 1.165) is 12.3 Å². The van der Waals surface area contributed by atoms with Crippen LogP contribution in [0.2, 0.25) is 0 Å². The van der Waals surface area contributed by atoms with Crippen LogP contribution in [-0.4, -0.2) is 11.7 Å². The van der Waals surface area contributed by atoms with E-state index < -0.39 is 0 Å². The van der Waals surface area contributed by atoms with Crippen molar-refractivity contribution in [2.45, 2.75) is 52.4 Å². The highest BCUT2D eigenvalue weighted by molar-refractivity contribution is 4.56. The topological polar surface area (TPSA) is 20.2 Å². The van der Waals surface area contributed by atoms with Gasteiger partial charge in [0.05, 0.1) is 0 Å². The number of aliphatic hydroxyl groups is 1. The van der Waals surface area contributed by atoms with Crippen molar-refractivity contribution in [3.63, 3.8) is 0 Å². The lowest BCUT2D eigenvalue weighted by Crippen LogP contribution is -2.01. The summed E-state index contributed by atoms with van der Waals surface area (Å²) >= 11 is 0. The standard InChI is InChI=1S/C10H22O/c1-3-5-6-7-10(4-2)8-9-11/h10-11H,3-9H2,1-2H3/t10-/m1/s1. The number of unbranched alkanes of at least 4 members (excludes halogenated alkanes) is 2. The molecule has 1 heteroatoms. The van der Waals surface area contributed by atoms with Crippen LogP contribution in [0.15, 0.2) is 0 Å². The highest BCUT2D eigenvalue weighted by Crippen LogP contribution is 2.16. The summed E-state index contributed by atoms with van der Waals surface area (Å²) in [6.07, 6.45) is 7.53. The second-order valence-electron chi connectivity index (χ2n) is 3.28. The fraction of sp³-hybridized carbons (Fsp3) is 1.00. The molecule has 1 nitrogen and oxygen atoms in total. The quantitative estimate of drug-likeness (QED) is 0.565. The zero-order chi connectivity index (χ0) is 8.53. The maximum absolute atomic E-state index is 8.72. The lowest BCUT2D eigenvalue weighted by molar-refractivity contribution is 0.247. The highest BCUT2D eigenvalue weighted by atomic mass is 16.3. The van der Waals surface area contributed by atoms with Crippen LogP contribution in [0, 0.1) is 5.92 Å². The molecule has 0 amide bonds. The Bertz CT molecular complexity index is 71.3. The van der Waals surface area contributed by atoms with E-state index in [1.165, 1.54) is 32.1 Å². The Morgan fingerprint density at radius 1 is 1.09 bits per heavy atom. The Labute approximate surface area is 70.8 Å². The van der Waals surface area contributed by atoms with Crippen LogP contribution in [0.1, 0.15) is 52.4 Å². The first kappa shape index (κ1) is 11.0. The molecule has 1 N–H and O–H groups in total. The Morgan fingerprint density at radius 2 is 1.82 bits per heavy atom. The van der Waals surface area contributed by atoms with Gasteiger partial charge < -0.3 is 5.11 Å². The summed E-state index contributed by atoms with van der Waals surface area (Å²) in [5, 5.41) is 8.72. The fourth-order valence-corrected chi connectivity index (χ4v) is 1.42. The van der Waals surface area contributed by atoms with Gasteiger partial charge in [0.15, 0.2) is 0 Å². The molecule has 0 aliphatic heterocycles. The van der Waals surface area contributed by atoms with E-state index in [9.17, 15) is 0 Å². The van der Waals surface area contributed by atoms with Crippen LogP contribution < -0.4 is 0 Å². The fourth-order valence-electron chi connectivity index (χ4n) is 1.42. The first-order chi connectivity index (χ1) is 5.35. The molecule has 1 atom stereocenters. The summed E-state index contributed by atoms with van der Waals surface area (Å²) in [4.78, 5) is 0. The van der Waals surface area contributed by atoms with Crippen LogP contribution in [-0.2, 0) is 0 Å². The smallest absolute Gasteiger partial charge is 0.0433 e. The summed E-state index contributed by atoms with van der Waals surface area (Å²) < 4.78 is 0. The predicted octanol–water partition coefficient (Wildman–Crippen LogP) is 2.98. The number of rotatable bonds is 7. The van der Waals surface area contributed by atoms with Crippen molar-refractivity contribution < 1.29 is 5.11 Å². The third-order valence-electron chi connectivity index (χ3n) is 2.33. The van der Waals surface area contributed by atoms with Crippen molar-refractivity contribution in [2.75, 3.05) is 6.61 Å². The van der Waals surface area contributed by atoms with Crippen molar-refractivity contribution in [1.82, 2.24) is 0 Å². The zero-order valence-corrected chi connectivity index (χ0v) is 7.97. The molecule has 0 saturated heterocycles. The van der Waals surface area contributed by atoms with Crippen molar-refractivity contribution in [3.05, 3.63) is 0 Å². The summed E-state index contributed by atoms with van der Waals surface area (Å²) in [6.45, 7) is 4.81. The Kier molecular flexibility index (Phi) is 8.03. The summed E-state index contributed by atoms with van der Waals surface area (Å²) in [7, 11) is 0. The first-order valence-corrected chi connectivity index (χ1v) is 4.96. The van der Waals surface area contributed by atoms with Gasteiger partial charge in [0.25, 0.3) is 0 Å². The second kappa shape index (κ2) is 8.06. The van der Waals surface area contributed by atoms with E-state index in [0.29, 0.717) is 6.61 Å². The molecule has 0 bridgehead atoms. The molecule has 0 aromatic carbocycles. The molecule has 0 radical (unpaired) electrons. The van der Waals surface area contributed by atoms with Crippen molar-refractivity contribution in [3.8, 4) is 0 Å². The molecule has 0 heterocycles. The van der Waals surface area contributed by atoms with E-state index in [-0.39, 0.29) is 0 Å². The van der Waals surface area contributed by atoms with Gasteiger partial charge in [-0.1, -0.05) is 46.0 Å². The van der Waals surface area contributed by atoms with Gasteiger partial charge in [-0.25, -0.2) is 0 Å². The van der Waals surface area contributed by atoms with Crippen LogP contribution >= 0.6 is 0 Å². The predicted molar refractivity (Wildman–Crippen MR) is 49.6 cm³/mol. The largest absolute Gasteiger partial charge is 0.396 e. The average Bonchev–Trinajstić information content (AvgIpc) is 2.03. The molecule has 0 fully saturated rings. The van der Waals surface area contributed by atoms with Gasteiger partial charge in [0.1, 0.15) is 0 Å². The summed E-state index contributed by atoms with van der Waals surface area (Å²) in [5.41, 5.74) is 0. The van der Waals surface area contributed by atoms with Crippen molar-refractivity contribution in [1.29, 1.82) is 0 Å². The lowest BCUT2D eigenvalue weighted by Gasteiger charge is -2.11. The van der Waals surface area contributed by atoms with Gasteiger partial charge in [0.2, 0.25) is 0 Å². The van der Waals surface area contributed by atoms with Crippen LogP contribution in [0.3, 0.4) is 0 Å². The highest BCUT2D eigenvalue weighted by Gasteiger charge is 2.03. The number of aliphatic hydroxyl groups excluding tert-OH is 1. The monoisotopic (exact) mass is 158 g/mol. The number of hydrogen-bond acceptors (Lipinski definition) is 1. The van der Waals surface area contributed by atoms with Crippen molar-refractivity contribution in [2.24, 2.45) is 5.92 Å². The Morgan fingerprint density at radius 3 is 2.27 bits per heavy atom. The first-order valence-electron chi connectivity index (χ1n) is 4.96. The van der Waals surface area contributed by atoms with Gasteiger partial charge >= 0.3 is 0 Å². The SMILES string of the molecule is CCCCC[C@@H](CC)CCO. The molecule has 0 aliphatic rings. The normalized spacial score (nSPS) is 13.4. The van der Waals surface area contributed by atoms with E-state index in [1.54, 1.807) is 0 Å². The maximum atomic E-state index is 8.72. The Hall–Kier alpha value is -0.0400. The van der Waals surface area contributed by atoms with Gasteiger partial charge in [-0.2, -0.15) is 0 Å². The summed E-state index contributed by atoms with van der Waals surface area (Å²) in [5.74, 6) is 0.770. The molecule has 0 aromatic rings. The molecule has 11 heavy (non-hydrogen) atoms. The third kappa shape index (κ3) is 6.36. The minimum Gasteiger partial charge on any atom is -0.396 e. The minimum absolute atomic E-state index is 0.366. The van der Waals surface area contributed by atoms with Crippen LogP contribution in [0.5, 0.6) is 0 Å². The molecule has 0 rings (SSSR count).